The number of hydrogen-bond donors (Lipinski definition) is 1. The van der Waals surface area contributed by atoms with Crippen molar-refractivity contribution in [1.29, 1.82) is 0 Å². The lowest BCUT2D eigenvalue weighted by Crippen LogP contribution is -2.34. The van der Waals surface area contributed by atoms with Crippen molar-refractivity contribution in [2.45, 2.75) is 51.7 Å². The van der Waals surface area contributed by atoms with Gasteiger partial charge in [-0.1, -0.05) is 13.8 Å². The first kappa shape index (κ1) is 10.4. The number of nitrogens with zero attached hydrogens (tertiary/aromatic N) is 1. The first-order valence-electron chi connectivity index (χ1n) is 6.18. The Balaban J connectivity index is 1.94. The van der Waals surface area contributed by atoms with E-state index in [1.807, 2.05) is 0 Å². The Morgan fingerprint density at radius 2 is 1.93 bits per heavy atom. The highest BCUT2D eigenvalue weighted by Gasteiger charge is 2.42. The van der Waals surface area contributed by atoms with Gasteiger partial charge in [0.05, 0.1) is 6.10 Å². The molecule has 1 N–H and O–H groups in total. The molecule has 3 unspecified atom stereocenters. The van der Waals surface area contributed by atoms with Crippen LogP contribution in [0.4, 0.5) is 0 Å². The molecule has 2 rings (SSSR count). The average molecular weight is 197 g/mol. The zero-order chi connectivity index (χ0) is 10.1. The Bertz CT molecular complexity index is 191. The fourth-order valence-electron chi connectivity index (χ4n) is 3.37. The van der Waals surface area contributed by atoms with E-state index in [0.29, 0.717) is 5.92 Å². The molecule has 2 heteroatoms. The van der Waals surface area contributed by atoms with Crippen molar-refractivity contribution in [1.82, 2.24) is 4.90 Å². The van der Waals surface area contributed by atoms with Crippen LogP contribution in [0.15, 0.2) is 0 Å². The van der Waals surface area contributed by atoms with Crippen LogP contribution in [0.5, 0.6) is 0 Å². The Kier molecular flexibility index (Phi) is 3.13. The number of aliphatic hydroxyl groups excluding tert-OH is 1. The summed E-state index contributed by atoms with van der Waals surface area (Å²) in [5.41, 5.74) is 0. The first-order chi connectivity index (χ1) is 6.76. The minimum absolute atomic E-state index is 0.000591. The van der Waals surface area contributed by atoms with Gasteiger partial charge in [-0.25, -0.2) is 0 Å². The number of hydrogen-bond acceptors (Lipinski definition) is 2. The van der Waals surface area contributed by atoms with Crippen molar-refractivity contribution >= 4 is 0 Å². The molecule has 0 aromatic carbocycles. The van der Waals surface area contributed by atoms with Crippen LogP contribution in [0.25, 0.3) is 0 Å². The van der Waals surface area contributed by atoms with Crippen LogP contribution >= 0.6 is 0 Å². The van der Waals surface area contributed by atoms with Gasteiger partial charge in [0.2, 0.25) is 0 Å². The Morgan fingerprint density at radius 1 is 1.21 bits per heavy atom. The van der Waals surface area contributed by atoms with Gasteiger partial charge >= 0.3 is 0 Å². The maximum absolute atomic E-state index is 9.82. The molecule has 14 heavy (non-hydrogen) atoms. The lowest BCUT2D eigenvalue weighted by molar-refractivity contribution is 0.116. The third kappa shape index (κ3) is 1.70. The van der Waals surface area contributed by atoms with E-state index in [1.54, 1.807) is 0 Å². The van der Waals surface area contributed by atoms with Gasteiger partial charge in [-0.15, -0.1) is 0 Å². The maximum Gasteiger partial charge on any atom is 0.0583 e. The standard InChI is InChI=1S/C12H23NO/c1-3-10(4-2)13-7-9-5-6-12(14)11(9)8-13/h9-12,14H,3-8H2,1-2H3. The average Bonchev–Trinajstić information content (AvgIpc) is 2.72. The van der Waals surface area contributed by atoms with Crippen LogP contribution < -0.4 is 0 Å². The van der Waals surface area contributed by atoms with E-state index in [-0.39, 0.29) is 6.10 Å². The first-order valence-corrected chi connectivity index (χ1v) is 6.18. The van der Waals surface area contributed by atoms with E-state index in [1.165, 1.54) is 25.8 Å². The molecule has 1 saturated carbocycles. The molecule has 2 aliphatic rings. The van der Waals surface area contributed by atoms with Gasteiger partial charge < -0.3 is 5.11 Å². The summed E-state index contributed by atoms with van der Waals surface area (Å²) in [7, 11) is 0. The zero-order valence-electron chi connectivity index (χ0n) is 9.45. The summed E-state index contributed by atoms with van der Waals surface area (Å²) in [5.74, 6) is 1.39. The largest absolute Gasteiger partial charge is 0.393 e. The smallest absolute Gasteiger partial charge is 0.0583 e. The summed E-state index contributed by atoms with van der Waals surface area (Å²) in [6, 6.07) is 0.757. The third-order valence-electron chi connectivity index (χ3n) is 4.31. The fraction of sp³-hybridized carbons (Fsp3) is 1.00. The topological polar surface area (TPSA) is 23.5 Å². The van der Waals surface area contributed by atoms with Crippen LogP contribution in [-0.4, -0.2) is 35.2 Å². The molecular formula is C12H23NO. The lowest BCUT2D eigenvalue weighted by Gasteiger charge is -2.26. The second-order valence-corrected chi connectivity index (χ2v) is 4.99. The number of aliphatic hydroxyl groups is 1. The van der Waals surface area contributed by atoms with Gasteiger partial charge in [-0.2, -0.15) is 0 Å². The molecule has 1 aliphatic heterocycles. The Labute approximate surface area is 87.3 Å². The van der Waals surface area contributed by atoms with Gasteiger partial charge in [-0.05, 0) is 31.6 Å². The van der Waals surface area contributed by atoms with E-state index in [9.17, 15) is 5.11 Å². The number of fused-ring (bicyclic) bond motifs is 1. The van der Waals surface area contributed by atoms with Gasteiger partial charge in [0, 0.05) is 25.0 Å². The minimum atomic E-state index is -0.000591. The van der Waals surface area contributed by atoms with Crippen molar-refractivity contribution in [3.05, 3.63) is 0 Å². The van der Waals surface area contributed by atoms with E-state index in [2.05, 4.69) is 18.7 Å². The molecular weight excluding hydrogens is 174 g/mol. The molecule has 1 heterocycles. The van der Waals surface area contributed by atoms with Crippen molar-refractivity contribution in [2.75, 3.05) is 13.1 Å². The van der Waals surface area contributed by atoms with E-state index in [0.717, 1.165) is 24.9 Å². The van der Waals surface area contributed by atoms with Gasteiger partial charge in [-0.3, -0.25) is 4.90 Å². The molecule has 0 aromatic rings. The van der Waals surface area contributed by atoms with Crippen LogP contribution in [0.2, 0.25) is 0 Å². The summed E-state index contributed by atoms with van der Waals surface area (Å²) < 4.78 is 0. The molecule has 82 valence electrons. The van der Waals surface area contributed by atoms with Gasteiger partial charge in [0.1, 0.15) is 0 Å². The van der Waals surface area contributed by atoms with E-state index < -0.39 is 0 Å². The zero-order valence-corrected chi connectivity index (χ0v) is 9.45. The SMILES string of the molecule is CCC(CC)N1CC2CCC(O)C2C1. The predicted octanol–water partition coefficient (Wildman–Crippen LogP) is 1.88. The molecule has 1 saturated heterocycles. The second kappa shape index (κ2) is 4.19. The molecule has 0 bridgehead atoms. The molecule has 0 spiro atoms. The van der Waals surface area contributed by atoms with Crippen LogP contribution in [0.3, 0.4) is 0 Å². The highest BCUT2D eigenvalue weighted by atomic mass is 16.3. The molecule has 1 aliphatic carbocycles. The van der Waals surface area contributed by atoms with Gasteiger partial charge in [0.15, 0.2) is 0 Å². The number of rotatable bonds is 3. The molecule has 0 aromatic heterocycles. The van der Waals surface area contributed by atoms with Crippen molar-refractivity contribution in [3.8, 4) is 0 Å². The van der Waals surface area contributed by atoms with Crippen molar-refractivity contribution in [2.24, 2.45) is 11.8 Å². The number of likely N-dealkylation sites (tertiary alicyclic amines) is 1. The minimum Gasteiger partial charge on any atom is -0.393 e. The highest BCUT2D eigenvalue weighted by molar-refractivity contribution is 4.95. The summed E-state index contributed by atoms with van der Waals surface area (Å²) in [4.78, 5) is 2.61. The summed E-state index contributed by atoms with van der Waals surface area (Å²) in [6.45, 7) is 6.95. The quantitative estimate of drug-likeness (QED) is 0.746. The van der Waals surface area contributed by atoms with Gasteiger partial charge in [0.25, 0.3) is 0 Å². The highest BCUT2D eigenvalue weighted by Crippen LogP contribution is 2.39. The monoisotopic (exact) mass is 197 g/mol. The summed E-state index contributed by atoms with van der Waals surface area (Å²) in [6.07, 6.45) is 4.81. The summed E-state index contributed by atoms with van der Waals surface area (Å²) >= 11 is 0. The third-order valence-corrected chi connectivity index (χ3v) is 4.31. The van der Waals surface area contributed by atoms with Crippen molar-refractivity contribution in [3.63, 3.8) is 0 Å². The predicted molar refractivity (Wildman–Crippen MR) is 58.2 cm³/mol. The van der Waals surface area contributed by atoms with Crippen LogP contribution in [-0.2, 0) is 0 Å². The lowest BCUT2D eigenvalue weighted by atomic mass is 10.00. The molecule has 0 radical (unpaired) electrons. The maximum atomic E-state index is 9.82. The molecule has 2 nitrogen and oxygen atoms in total. The molecule has 3 atom stereocenters. The Morgan fingerprint density at radius 3 is 2.50 bits per heavy atom. The van der Waals surface area contributed by atoms with E-state index >= 15 is 0 Å². The molecule has 0 amide bonds. The van der Waals surface area contributed by atoms with Crippen LogP contribution in [0.1, 0.15) is 39.5 Å². The van der Waals surface area contributed by atoms with Crippen molar-refractivity contribution < 1.29 is 5.11 Å². The van der Waals surface area contributed by atoms with E-state index in [4.69, 9.17) is 0 Å². The second-order valence-electron chi connectivity index (χ2n) is 4.99. The normalized spacial score (nSPS) is 38.1. The van der Waals surface area contributed by atoms with Crippen LogP contribution in [0, 0.1) is 11.8 Å². The Hall–Kier alpha value is -0.0800. The molecule has 2 fully saturated rings. The summed E-state index contributed by atoms with van der Waals surface area (Å²) in [5, 5.41) is 9.82. The fourth-order valence-corrected chi connectivity index (χ4v) is 3.37.